The number of amides is 2. The van der Waals surface area contributed by atoms with Crippen LogP contribution in [0.15, 0.2) is 66.7 Å². The SMILES string of the molecule is COc1ccc(-c2ccc(Cl)cc2)cc1CN(C(=O)c1sc2ccccc2c1Cl)C1CCC(N(CC(C)(C)C)C(=O)O)CC1. The van der Waals surface area contributed by atoms with E-state index in [0.717, 1.165) is 26.8 Å². The first-order valence-corrected chi connectivity index (χ1v) is 16.4. The number of carbonyl (C=O) groups is 2. The van der Waals surface area contributed by atoms with Crippen molar-refractivity contribution in [1.29, 1.82) is 0 Å². The first kappa shape index (κ1) is 32.1. The first-order valence-electron chi connectivity index (χ1n) is 14.9. The van der Waals surface area contributed by atoms with Crippen molar-refractivity contribution in [1.82, 2.24) is 9.80 Å². The average molecular weight is 654 g/mol. The zero-order valence-corrected chi connectivity index (χ0v) is 27.8. The largest absolute Gasteiger partial charge is 0.496 e. The second-order valence-corrected chi connectivity index (χ2v) is 14.5. The van der Waals surface area contributed by atoms with Crippen LogP contribution in [0.25, 0.3) is 21.2 Å². The molecule has 1 aliphatic carbocycles. The zero-order valence-electron chi connectivity index (χ0n) is 25.5. The van der Waals surface area contributed by atoms with Crippen molar-refractivity contribution in [3.63, 3.8) is 0 Å². The van der Waals surface area contributed by atoms with Crippen LogP contribution in [0.2, 0.25) is 10.0 Å². The van der Waals surface area contributed by atoms with Gasteiger partial charge in [0.2, 0.25) is 0 Å². The Labute approximate surface area is 273 Å². The molecule has 4 aromatic rings. The first-order chi connectivity index (χ1) is 20.9. The van der Waals surface area contributed by atoms with Crippen LogP contribution in [0.4, 0.5) is 4.79 Å². The maximum Gasteiger partial charge on any atom is 0.407 e. The second-order valence-electron chi connectivity index (χ2n) is 12.6. The van der Waals surface area contributed by atoms with Crippen LogP contribution >= 0.6 is 34.5 Å². The Hall–Kier alpha value is -3.26. The van der Waals surface area contributed by atoms with E-state index >= 15 is 0 Å². The highest BCUT2D eigenvalue weighted by molar-refractivity contribution is 7.21. The molecule has 0 atom stereocenters. The Balaban J connectivity index is 1.48. The monoisotopic (exact) mass is 652 g/mol. The summed E-state index contributed by atoms with van der Waals surface area (Å²) >= 11 is 14.4. The van der Waals surface area contributed by atoms with Crippen molar-refractivity contribution < 1.29 is 19.4 Å². The molecule has 0 aliphatic heterocycles. The van der Waals surface area contributed by atoms with Crippen LogP contribution < -0.4 is 4.74 Å². The smallest absolute Gasteiger partial charge is 0.407 e. The van der Waals surface area contributed by atoms with Crippen molar-refractivity contribution in [2.75, 3.05) is 13.7 Å². The molecule has 0 unspecified atom stereocenters. The molecule has 232 valence electrons. The Morgan fingerprint density at radius 2 is 1.52 bits per heavy atom. The number of thiophene rings is 1. The zero-order chi connectivity index (χ0) is 31.6. The van der Waals surface area contributed by atoms with Crippen LogP contribution in [-0.4, -0.2) is 52.6 Å². The molecule has 0 bridgehead atoms. The highest BCUT2D eigenvalue weighted by Gasteiger charge is 2.36. The predicted molar refractivity (Wildman–Crippen MR) is 180 cm³/mol. The number of halogens is 2. The summed E-state index contributed by atoms with van der Waals surface area (Å²) in [6.07, 6.45) is 1.84. The number of nitrogens with zero attached hydrogens (tertiary/aromatic N) is 2. The Kier molecular flexibility index (Phi) is 9.78. The van der Waals surface area contributed by atoms with Crippen LogP contribution in [-0.2, 0) is 6.54 Å². The normalized spacial score (nSPS) is 17.0. The molecule has 5 rings (SSSR count). The number of carbonyl (C=O) groups excluding carboxylic acids is 1. The number of fused-ring (bicyclic) bond motifs is 1. The average Bonchev–Trinajstić information content (AvgIpc) is 3.34. The number of hydrogen-bond acceptors (Lipinski definition) is 4. The van der Waals surface area contributed by atoms with Gasteiger partial charge in [-0.05, 0) is 72.6 Å². The van der Waals surface area contributed by atoms with Gasteiger partial charge in [0.1, 0.15) is 10.6 Å². The number of ether oxygens (including phenoxy) is 1. The van der Waals surface area contributed by atoms with E-state index in [9.17, 15) is 14.7 Å². The molecule has 0 spiro atoms. The van der Waals surface area contributed by atoms with Gasteiger partial charge in [-0.25, -0.2) is 4.79 Å². The highest BCUT2D eigenvalue weighted by atomic mass is 35.5. The summed E-state index contributed by atoms with van der Waals surface area (Å²) in [4.78, 5) is 30.7. The second kappa shape index (κ2) is 13.4. The molecule has 0 saturated heterocycles. The molecule has 1 heterocycles. The van der Waals surface area contributed by atoms with Gasteiger partial charge in [-0.1, -0.05) is 80.4 Å². The highest BCUT2D eigenvalue weighted by Crippen LogP contribution is 2.39. The summed E-state index contributed by atoms with van der Waals surface area (Å²) in [6, 6.07) is 21.3. The summed E-state index contributed by atoms with van der Waals surface area (Å²) in [6.45, 7) is 6.94. The third-order valence-electron chi connectivity index (χ3n) is 8.23. The predicted octanol–water partition coefficient (Wildman–Crippen LogP) is 9.86. The molecule has 1 aliphatic rings. The van der Waals surface area contributed by atoms with Gasteiger partial charge >= 0.3 is 6.09 Å². The number of methoxy groups -OCH3 is 1. The molecule has 9 heteroatoms. The van der Waals surface area contributed by atoms with Crippen molar-refractivity contribution in [2.24, 2.45) is 5.41 Å². The van der Waals surface area contributed by atoms with E-state index in [-0.39, 0.29) is 23.4 Å². The molecule has 44 heavy (non-hydrogen) atoms. The van der Waals surface area contributed by atoms with E-state index in [0.29, 0.717) is 59.4 Å². The van der Waals surface area contributed by atoms with Gasteiger partial charge in [0, 0.05) is 45.8 Å². The molecule has 1 saturated carbocycles. The van der Waals surface area contributed by atoms with Crippen LogP contribution in [0, 0.1) is 5.41 Å². The minimum Gasteiger partial charge on any atom is -0.496 e. The molecular formula is C35H38Cl2N2O4S. The van der Waals surface area contributed by atoms with Crippen molar-refractivity contribution >= 4 is 56.6 Å². The Bertz CT molecular complexity index is 1640. The van der Waals surface area contributed by atoms with E-state index in [1.807, 2.05) is 65.6 Å². The van der Waals surface area contributed by atoms with E-state index in [4.69, 9.17) is 27.9 Å². The summed E-state index contributed by atoms with van der Waals surface area (Å²) in [5, 5.41) is 12.0. The summed E-state index contributed by atoms with van der Waals surface area (Å²) < 4.78 is 6.73. The molecule has 0 radical (unpaired) electrons. The summed E-state index contributed by atoms with van der Waals surface area (Å²) in [5.41, 5.74) is 2.73. The maximum absolute atomic E-state index is 14.4. The summed E-state index contributed by atoms with van der Waals surface area (Å²) in [7, 11) is 1.64. The van der Waals surface area contributed by atoms with Gasteiger partial charge in [-0.3, -0.25) is 4.79 Å². The number of benzene rings is 3. The summed E-state index contributed by atoms with van der Waals surface area (Å²) in [5.74, 6) is 0.572. The quantitative estimate of drug-likeness (QED) is 0.206. The fourth-order valence-electron chi connectivity index (χ4n) is 6.10. The lowest BCUT2D eigenvalue weighted by atomic mass is 9.87. The standard InChI is InChI=1S/C35H38Cl2N2O4S/c1-35(2,3)21-39(34(41)42)27-16-14-26(15-17-27)38(33(40)32-31(37)28-7-5-6-8-30(28)44-32)20-24-19-23(11-18-29(24)43-4)22-9-12-25(36)13-10-22/h5-13,18-19,26-27H,14-17,20-21H2,1-4H3,(H,41,42). The number of carboxylic acid groups (broad SMARTS) is 1. The van der Waals surface area contributed by atoms with E-state index in [1.54, 1.807) is 12.0 Å². The minimum absolute atomic E-state index is 0.0874. The number of hydrogen-bond donors (Lipinski definition) is 1. The number of rotatable bonds is 8. The van der Waals surface area contributed by atoms with Gasteiger partial charge < -0.3 is 19.6 Å². The molecule has 1 fully saturated rings. The van der Waals surface area contributed by atoms with Gasteiger partial charge in [0.05, 0.1) is 12.1 Å². The lowest BCUT2D eigenvalue weighted by molar-refractivity contribution is 0.0492. The Morgan fingerprint density at radius 3 is 2.11 bits per heavy atom. The molecule has 2 amide bonds. The van der Waals surface area contributed by atoms with Gasteiger partial charge in [-0.2, -0.15) is 0 Å². The topological polar surface area (TPSA) is 70.1 Å². The van der Waals surface area contributed by atoms with E-state index in [1.165, 1.54) is 11.3 Å². The molecular weight excluding hydrogens is 615 g/mol. The van der Waals surface area contributed by atoms with Crippen LogP contribution in [0.5, 0.6) is 5.75 Å². The lowest BCUT2D eigenvalue weighted by Crippen LogP contribution is -2.49. The van der Waals surface area contributed by atoms with Gasteiger partial charge in [0.15, 0.2) is 0 Å². The molecule has 6 nitrogen and oxygen atoms in total. The van der Waals surface area contributed by atoms with Crippen molar-refractivity contribution in [3.05, 3.63) is 87.2 Å². The van der Waals surface area contributed by atoms with Crippen LogP contribution in [0.1, 0.15) is 61.7 Å². The Morgan fingerprint density at radius 1 is 0.909 bits per heavy atom. The minimum atomic E-state index is -0.892. The van der Waals surface area contributed by atoms with Crippen molar-refractivity contribution in [3.8, 4) is 16.9 Å². The van der Waals surface area contributed by atoms with E-state index in [2.05, 4.69) is 26.8 Å². The van der Waals surface area contributed by atoms with E-state index < -0.39 is 6.09 Å². The lowest BCUT2D eigenvalue weighted by Gasteiger charge is -2.41. The van der Waals surface area contributed by atoms with Crippen LogP contribution in [0.3, 0.4) is 0 Å². The third kappa shape index (κ3) is 7.17. The van der Waals surface area contributed by atoms with Gasteiger partial charge in [0.25, 0.3) is 5.91 Å². The third-order valence-corrected chi connectivity index (χ3v) is 10.1. The fraction of sp³-hybridized carbons (Fsp3) is 0.371. The van der Waals surface area contributed by atoms with Gasteiger partial charge in [-0.15, -0.1) is 11.3 Å². The molecule has 1 aromatic heterocycles. The molecule has 3 aromatic carbocycles. The fourth-order valence-corrected chi connectivity index (χ4v) is 7.70. The maximum atomic E-state index is 14.4. The molecule has 1 N–H and O–H groups in total. The van der Waals surface area contributed by atoms with Crippen molar-refractivity contribution in [2.45, 2.75) is 65.1 Å².